The minimum Gasteiger partial charge on any atom is -0.417 e. The Morgan fingerprint density at radius 1 is 1.06 bits per heavy atom. The molecule has 88 valence electrons. The number of rotatable bonds is 4. The summed E-state index contributed by atoms with van der Waals surface area (Å²) in [6, 6.07) is 10.3. The standard InChI is InChI=1S/C12H19ClOSi2/c1-14-15(2,3)10-11-16(4,13)12-8-6-5-7-9-12/h5-11H,1-4H3. The Balaban J connectivity index is 2.88. The Morgan fingerprint density at radius 2 is 1.62 bits per heavy atom. The normalized spacial score (nSPS) is 16.3. The lowest BCUT2D eigenvalue weighted by Gasteiger charge is -2.19. The highest BCUT2D eigenvalue weighted by molar-refractivity contribution is 7.29. The van der Waals surface area contributed by atoms with Crippen LogP contribution < -0.4 is 5.19 Å². The van der Waals surface area contributed by atoms with Crippen LogP contribution in [0.5, 0.6) is 0 Å². The molecule has 0 radical (unpaired) electrons. The van der Waals surface area contributed by atoms with E-state index in [9.17, 15) is 0 Å². The Bertz CT molecular complexity index is 361. The lowest BCUT2D eigenvalue weighted by atomic mass is 10.4. The minimum atomic E-state index is -1.96. The van der Waals surface area contributed by atoms with Gasteiger partial charge in [-0.3, -0.25) is 0 Å². The van der Waals surface area contributed by atoms with E-state index in [1.54, 1.807) is 7.11 Å². The van der Waals surface area contributed by atoms with Crippen LogP contribution in [0, 0.1) is 0 Å². The van der Waals surface area contributed by atoms with Gasteiger partial charge in [0, 0.05) is 7.11 Å². The van der Waals surface area contributed by atoms with Gasteiger partial charge in [0.25, 0.3) is 0 Å². The van der Waals surface area contributed by atoms with Gasteiger partial charge in [0.15, 0.2) is 0 Å². The molecule has 0 spiro atoms. The van der Waals surface area contributed by atoms with Gasteiger partial charge < -0.3 is 4.43 Å². The van der Waals surface area contributed by atoms with Crippen LogP contribution in [0.1, 0.15) is 0 Å². The molecule has 1 unspecified atom stereocenters. The van der Waals surface area contributed by atoms with Crippen molar-refractivity contribution >= 4 is 32.0 Å². The molecule has 1 nitrogen and oxygen atoms in total. The number of benzene rings is 1. The molecular formula is C12H19ClOSi2. The zero-order valence-corrected chi connectivity index (χ0v) is 13.1. The maximum Gasteiger partial charge on any atom is 0.209 e. The topological polar surface area (TPSA) is 9.23 Å². The second kappa shape index (κ2) is 5.32. The van der Waals surface area contributed by atoms with Crippen LogP contribution in [-0.2, 0) is 4.43 Å². The van der Waals surface area contributed by atoms with Crippen molar-refractivity contribution in [2.24, 2.45) is 0 Å². The van der Waals surface area contributed by atoms with Crippen LogP contribution in [0.2, 0.25) is 19.6 Å². The molecule has 1 rings (SSSR count). The number of hydrogen-bond donors (Lipinski definition) is 0. The predicted octanol–water partition coefficient (Wildman–Crippen LogP) is 3.19. The third-order valence-electron chi connectivity index (χ3n) is 2.66. The minimum absolute atomic E-state index is 1.24. The molecule has 0 aliphatic carbocycles. The van der Waals surface area contributed by atoms with E-state index < -0.39 is 15.7 Å². The third kappa shape index (κ3) is 3.90. The lowest BCUT2D eigenvalue weighted by Crippen LogP contribution is -2.38. The SMILES string of the molecule is CO[Si](C)(C)C=C[Si](C)(Cl)c1ccccc1. The van der Waals surface area contributed by atoms with Crippen LogP contribution in [0.15, 0.2) is 41.7 Å². The first-order valence-electron chi connectivity index (χ1n) is 5.37. The number of halogens is 1. The molecular weight excluding hydrogens is 252 g/mol. The zero-order valence-electron chi connectivity index (χ0n) is 10.3. The molecule has 0 amide bonds. The highest BCUT2D eigenvalue weighted by atomic mass is 35.6. The van der Waals surface area contributed by atoms with Crippen molar-refractivity contribution < 1.29 is 4.43 Å². The molecule has 0 saturated carbocycles. The molecule has 0 saturated heterocycles. The second-order valence-electron chi connectivity index (χ2n) is 4.58. The van der Waals surface area contributed by atoms with Crippen LogP contribution in [0.3, 0.4) is 0 Å². The van der Waals surface area contributed by atoms with Gasteiger partial charge in [0.2, 0.25) is 15.7 Å². The smallest absolute Gasteiger partial charge is 0.209 e. The first-order chi connectivity index (χ1) is 7.37. The molecule has 0 bridgehead atoms. The summed E-state index contributed by atoms with van der Waals surface area (Å²) in [6.07, 6.45) is 0. The van der Waals surface area contributed by atoms with Gasteiger partial charge in [0.05, 0.1) is 0 Å². The van der Waals surface area contributed by atoms with Crippen molar-refractivity contribution in [1.29, 1.82) is 0 Å². The molecule has 1 aromatic carbocycles. The summed E-state index contributed by atoms with van der Waals surface area (Å²) >= 11 is 6.64. The molecule has 1 atom stereocenters. The average molecular weight is 271 g/mol. The Hall–Kier alpha value is -0.356. The molecule has 16 heavy (non-hydrogen) atoms. The summed E-state index contributed by atoms with van der Waals surface area (Å²) in [7, 11) is -1.84. The summed E-state index contributed by atoms with van der Waals surface area (Å²) in [5.41, 5.74) is 4.37. The van der Waals surface area contributed by atoms with Crippen molar-refractivity contribution in [3.63, 3.8) is 0 Å². The van der Waals surface area contributed by atoms with Crippen molar-refractivity contribution in [1.82, 2.24) is 0 Å². The van der Waals surface area contributed by atoms with Crippen LogP contribution in [-0.4, -0.2) is 22.8 Å². The lowest BCUT2D eigenvalue weighted by molar-refractivity contribution is 0.415. The first kappa shape index (κ1) is 13.7. The second-order valence-corrected chi connectivity index (χ2v) is 13.9. The summed E-state index contributed by atoms with van der Waals surface area (Å²) in [4.78, 5) is 0. The average Bonchev–Trinajstić information content (AvgIpc) is 2.28. The van der Waals surface area contributed by atoms with Crippen molar-refractivity contribution in [2.45, 2.75) is 19.6 Å². The highest BCUT2D eigenvalue weighted by Gasteiger charge is 2.25. The molecule has 0 fully saturated rings. The Morgan fingerprint density at radius 3 is 2.12 bits per heavy atom. The fourth-order valence-corrected chi connectivity index (χ4v) is 6.26. The summed E-state index contributed by atoms with van der Waals surface area (Å²) in [5.74, 6) is 0. The Kier molecular flexibility index (Phi) is 4.55. The van der Waals surface area contributed by atoms with E-state index in [1.165, 1.54) is 5.19 Å². The zero-order chi connectivity index (χ0) is 12.2. The van der Waals surface area contributed by atoms with E-state index in [2.05, 4.69) is 43.2 Å². The van der Waals surface area contributed by atoms with Gasteiger partial charge >= 0.3 is 0 Å². The Labute approximate surface area is 105 Å². The van der Waals surface area contributed by atoms with E-state index in [0.717, 1.165) is 0 Å². The molecule has 0 heterocycles. The molecule has 4 heteroatoms. The summed E-state index contributed by atoms with van der Waals surface area (Å²) in [6.45, 7) is 6.46. The maximum absolute atomic E-state index is 6.64. The van der Waals surface area contributed by atoms with Crippen LogP contribution >= 0.6 is 11.1 Å². The fraction of sp³-hybridized carbons (Fsp3) is 0.333. The van der Waals surface area contributed by atoms with Gasteiger partial charge in [-0.15, -0.1) is 0 Å². The summed E-state index contributed by atoms with van der Waals surface area (Å²) < 4.78 is 5.48. The third-order valence-corrected chi connectivity index (χ3v) is 8.30. The number of hydrogen-bond acceptors (Lipinski definition) is 1. The van der Waals surface area contributed by atoms with Crippen LogP contribution in [0.25, 0.3) is 0 Å². The maximum atomic E-state index is 6.64. The van der Waals surface area contributed by atoms with E-state index in [4.69, 9.17) is 15.5 Å². The van der Waals surface area contributed by atoms with Gasteiger partial charge in [-0.1, -0.05) is 41.7 Å². The largest absolute Gasteiger partial charge is 0.417 e. The van der Waals surface area contributed by atoms with Gasteiger partial charge in [-0.05, 0) is 24.8 Å². The molecule has 0 aliphatic heterocycles. The van der Waals surface area contributed by atoms with E-state index in [0.29, 0.717) is 0 Å². The predicted molar refractivity (Wildman–Crippen MR) is 77.2 cm³/mol. The fourth-order valence-electron chi connectivity index (χ4n) is 1.29. The van der Waals surface area contributed by atoms with Crippen molar-refractivity contribution in [3.05, 3.63) is 41.7 Å². The highest BCUT2D eigenvalue weighted by Crippen LogP contribution is 2.14. The van der Waals surface area contributed by atoms with Gasteiger partial charge in [0.1, 0.15) is 0 Å². The monoisotopic (exact) mass is 270 g/mol. The quantitative estimate of drug-likeness (QED) is 0.603. The molecule has 1 aromatic rings. The first-order valence-corrected chi connectivity index (χ1v) is 11.9. The van der Waals surface area contributed by atoms with E-state index in [-0.39, 0.29) is 0 Å². The van der Waals surface area contributed by atoms with E-state index in [1.807, 2.05) is 18.2 Å². The van der Waals surface area contributed by atoms with Crippen LogP contribution in [0.4, 0.5) is 0 Å². The molecule has 0 N–H and O–H groups in total. The van der Waals surface area contributed by atoms with Gasteiger partial charge in [-0.25, -0.2) is 0 Å². The van der Waals surface area contributed by atoms with Gasteiger partial charge in [-0.2, -0.15) is 11.1 Å². The molecule has 0 aliphatic rings. The molecule has 0 aromatic heterocycles. The van der Waals surface area contributed by atoms with Crippen molar-refractivity contribution in [2.75, 3.05) is 7.11 Å². The van der Waals surface area contributed by atoms with E-state index >= 15 is 0 Å². The summed E-state index contributed by atoms with van der Waals surface area (Å²) in [5, 5.41) is 1.24. The van der Waals surface area contributed by atoms with Crippen molar-refractivity contribution in [3.8, 4) is 0 Å².